The maximum absolute atomic E-state index is 12.0. The lowest BCUT2D eigenvalue weighted by molar-refractivity contribution is -0.125. The minimum Gasteiger partial charge on any atom is -0.497 e. The molecule has 0 saturated heterocycles. The number of methoxy groups -OCH3 is 1. The van der Waals surface area contributed by atoms with Crippen molar-refractivity contribution in [3.8, 4) is 17.1 Å². The van der Waals surface area contributed by atoms with Crippen LogP contribution in [0.5, 0.6) is 5.75 Å². The third-order valence-electron chi connectivity index (χ3n) is 4.39. The summed E-state index contributed by atoms with van der Waals surface area (Å²) in [6.07, 6.45) is 1.47. The molecule has 0 radical (unpaired) electrons. The molecular weight excluding hydrogens is 414 g/mol. The van der Waals surface area contributed by atoms with E-state index in [9.17, 15) is 14.4 Å². The number of nitrogens with one attached hydrogen (secondary N) is 2. The number of carbonyl (C=O) groups is 3. The highest BCUT2D eigenvalue weighted by Crippen LogP contribution is 2.22. The van der Waals surface area contributed by atoms with E-state index in [0.29, 0.717) is 22.8 Å². The van der Waals surface area contributed by atoms with Crippen LogP contribution in [0.25, 0.3) is 11.3 Å². The maximum atomic E-state index is 12.0. The predicted molar refractivity (Wildman–Crippen MR) is 117 cm³/mol. The molecule has 2 amide bonds. The van der Waals surface area contributed by atoms with E-state index >= 15 is 0 Å². The van der Waals surface area contributed by atoms with Gasteiger partial charge in [0, 0.05) is 5.56 Å². The number of hydrogen-bond donors (Lipinski definition) is 3. The van der Waals surface area contributed by atoms with E-state index in [1.807, 2.05) is 0 Å². The van der Waals surface area contributed by atoms with Crippen LogP contribution in [0.3, 0.4) is 0 Å². The molecule has 0 spiro atoms. The number of carboxylic acids is 1. The molecule has 164 valence electrons. The third kappa shape index (κ3) is 6.30. The SMILES string of the molecule is COc1ccc(CC(=O)NCC(=O)N/N=C/c2ccc(-c3ccc(C(=O)O)cc3)o2)cc1. The minimum atomic E-state index is -1.00. The molecule has 32 heavy (non-hydrogen) atoms. The Hall–Kier alpha value is -4.40. The fraction of sp³-hybridized carbons (Fsp3) is 0.130. The summed E-state index contributed by atoms with van der Waals surface area (Å²) in [6.45, 7) is -0.217. The molecule has 0 fully saturated rings. The van der Waals surface area contributed by atoms with Crippen molar-refractivity contribution < 1.29 is 28.6 Å². The van der Waals surface area contributed by atoms with Crippen molar-refractivity contribution in [3.05, 3.63) is 77.6 Å². The second-order valence-electron chi connectivity index (χ2n) is 6.68. The standard InChI is InChI=1S/C23H21N3O6/c1-31-18-8-2-15(3-9-18)12-21(27)24-14-22(28)26-25-13-19-10-11-20(32-19)16-4-6-17(7-5-16)23(29)30/h2-11,13H,12,14H2,1H3,(H,24,27)(H,26,28)(H,29,30)/b25-13+. The second-order valence-corrected chi connectivity index (χ2v) is 6.68. The van der Waals surface area contributed by atoms with Crippen molar-refractivity contribution in [2.24, 2.45) is 5.10 Å². The van der Waals surface area contributed by atoms with Crippen molar-refractivity contribution in [1.29, 1.82) is 0 Å². The van der Waals surface area contributed by atoms with Gasteiger partial charge in [-0.25, -0.2) is 10.2 Å². The number of nitrogens with zero attached hydrogens (tertiary/aromatic N) is 1. The average molecular weight is 435 g/mol. The molecule has 1 heterocycles. The normalized spacial score (nSPS) is 10.7. The molecule has 0 saturated carbocycles. The van der Waals surface area contributed by atoms with Gasteiger partial charge in [0.25, 0.3) is 5.91 Å². The summed E-state index contributed by atoms with van der Waals surface area (Å²) in [4.78, 5) is 34.7. The van der Waals surface area contributed by atoms with E-state index in [1.165, 1.54) is 18.3 Å². The summed E-state index contributed by atoms with van der Waals surface area (Å²) >= 11 is 0. The van der Waals surface area contributed by atoms with Crippen molar-refractivity contribution >= 4 is 24.0 Å². The van der Waals surface area contributed by atoms with E-state index < -0.39 is 11.9 Å². The van der Waals surface area contributed by atoms with Crippen molar-refractivity contribution in [1.82, 2.24) is 10.7 Å². The van der Waals surface area contributed by atoms with E-state index in [4.69, 9.17) is 14.3 Å². The Labute approximate surface area is 183 Å². The van der Waals surface area contributed by atoms with Crippen LogP contribution in [0, 0.1) is 0 Å². The van der Waals surface area contributed by atoms with Crippen molar-refractivity contribution in [2.75, 3.05) is 13.7 Å². The van der Waals surface area contributed by atoms with Crippen LogP contribution in [0.15, 0.2) is 70.2 Å². The lowest BCUT2D eigenvalue weighted by Gasteiger charge is -2.05. The molecular formula is C23H21N3O6. The zero-order valence-electron chi connectivity index (χ0n) is 17.2. The Bertz CT molecular complexity index is 1120. The fourth-order valence-corrected chi connectivity index (χ4v) is 2.73. The summed E-state index contributed by atoms with van der Waals surface area (Å²) in [7, 11) is 1.56. The summed E-state index contributed by atoms with van der Waals surface area (Å²) in [6, 6.07) is 16.7. The highest BCUT2D eigenvalue weighted by molar-refractivity contribution is 5.88. The second kappa shape index (κ2) is 10.6. The number of carboxylic acid groups (broad SMARTS) is 1. The number of hydrazone groups is 1. The molecule has 0 bridgehead atoms. The molecule has 0 aliphatic rings. The highest BCUT2D eigenvalue weighted by Gasteiger charge is 2.08. The molecule has 0 atom stereocenters. The number of rotatable bonds is 9. The van der Waals surface area contributed by atoms with Crippen LogP contribution in [-0.2, 0) is 16.0 Å². The van der Waals surface area contributed by atoms with Crippen LogP contribution in [0.1, 0.15) is 21.7 Å². The van der Waals surface area contributed by atoms with Crippen LogP contribution in [-0.4, -0.2) is 42.8 Å². The van der Waals surface area contributed by atoms with Crippen LogP contribution >= 0.6 is 0 Å². The largest absolute Gasteiger partial charge is 0.497 e. The summed E-state index contributed by atoms with van der Waals surface area (Å²) in [5.41, 5.74) is 4.00. The average Bonchev–Trinajstić information content (AvgIpc) is 3.27. The first-order chi connectivity index (χ1) is 15.4. The van der Waals surface area contributed by atoms with Gasteiger partial charge in [0.2, 0.25) is 5.91 Å². The Balaban J connectivity index is 1.44. The van der Waals surface area contributed by atoms with E-state index in [-0.39, 0.29) is 24.4 Å². The van der Waals surface area contributed by atoms with Gasteiger partial charge < -0.3 is 19.6 Å². The van der Waals surface area contributed by atoms with Crippen molar-refractivity contribution in [3.63, 3.8) is 0 Å². The van der Waals surface area contributed by atoms with Crippen LogP contribution in [0.2, 0.25) is 0 Å². The quantitative estimate of drug-likeness (QED) is 0.350. The van der Waals surface area contributed by atoms with E-state index in [1.54, 1.807) is 55.6 Å². The molecule has 3 N–H and O–H groups in total. The first kappa shape index (κ1) is 22.3. The lowest BCUT2D eigenvalue weighted by atomic mass is 10.1. The van der Waals surface area contributed by atoms with Gasteiger partial charge in [-0.15, -0.1) is 0 Å². The first-order valence-electron chi connectivity index (χ1n) is 9.59. The summed E-state index contributed by atoms with van der Waals surface area (Å²) in [5, 5.41) is 15.3. The van der Waals surface area contributed by atoms with E-state index in [0.717, 1.165) is 5.56 Å². The number of benzene rings is 2. The monoisotopic (exact) mass is 435 g/mol. The molecule has 0 aliphatic heterocycles. The molecule has 9 nitrogen and oxygen atoms in total. The Morgan fingerprint density at radius 1 is 1.00 bits per heavy atom. The Morgan fingerprint density at radius 3 is 2.38 bits per heavy atom. The number of ether oxygens (including phenoxy) is 1. The molecule has 0 aliphatic carbocycles. The van der Waals surface area contributed by atoms with Gasteiger partial charge >= 0.3 is 5.97 Å². The number of amides is 2. The zero-order chi connectivity index (χ0) is 22.9. The van der Waals surface area contributed by atoms with Gasteiger partial charge in [0.1, 0.15) is 17.3 Å². The molecule has 0 unspecified atom stereocenters. The van der Waals surface area contributed by atoms with Crippen LogP contribution < -0.4 is 15.5 Å². The zero-order valence-corrected chi connectivity index (χ0v) is 17.2. The van der Waals surface area contributed by atoms with Gasteiger partial charge in [-0.1, -0.05) is 24.3 Å². The van der Waals surface area contributed by atoms with Gasteiger partial charge in [0.15, 0.2) is 0 Å². The smallest absolute Gasteiger partial charge is 0.335 e. The first-order valence-corrected chi connectivity index (χ1v) is 9.59. The fourth-order valence-electron chi connectivity index (χ4n) is 2.73. The molecule has 3 rings (SSSR count). The molecule has 9 heteroatoms. The topological polar surface area (TPSA) is 130 Å². The van der Waals surface area contributed by atoms with E-state index in [2.05, 4.69) is 15.8 Å². The van der Waals surface area contributed by atoms with Crippen LogP contribution in [0.4, 0.5) is 0 Å². The van der Waals surface area contributed by atoms with Crippen molar-refractivity contribution in [2.45, 2.75) is 6.42 Å². The third-order valence-corrected chi connectivity index (χ3v) is 4.39. The highest BCUT2D eigenvalue weighted by atomic mass is 16.5. The molecule has 2 aromatic carbocycles. The summed E-state index contributed by atoms with van der Waals surface area (Å²) in [5.74, 6) is -0.159. The number of hydrogen-bond acceptors (Lipinski definition) is 6. The number of carbonyl (C=O) groups excluding carboxylic acids is 2. The molecule has 3 aromatic rings. The van der Waals surface area contributed by atoms with Gasteiger partial charge in [-0.3, -0.25) is 9.59 Å². The molecule has 1 aromatic heterocycles. The predicted octanol–water partition coefficient (Wildman–Crippen LogP) is 2.46. The Morgan fingerprint density at radius 2 is 1.72 bits per heavy atom. The Kier molecular flexibility index (Phi) is 7.37. The summed E-state index contributed by atoms with van der Waals surface area (Å²) < 4.78 is 10.7. The number of aromatic carboxylic acids is 1. The minimum absolute atomic E-state index is 0.142. The lowest BCUT2D eigenvalue weighted by Crippen LogP contribution is -2.35. The number of furan rings is 1. The van der Waals surface area contributed by atoms with Gasteiger partial charge in [-0.05, 0) is 42.0 Å². The van der Waals surface area contributed by atoms with Gasteiger partial charge in [-0.2, -0.15) is 5.10 Å². The maximum Gasteiger partial charge on any atom is 0.335 e. The van der Waals surface area contributed by atoms with Gasteiger partial charge in [0.05, 0.1) is 31.9 Å².